The molecule has 1 heteroatoms. The third-order valence-electron chi connectivity index (χ3n) is 3.91. The average molecular weight is 285 g/mol. The molecule has 122 valence electrons. The van der Waals surface area contributed by atoms with Gasteiger partial charge in [0.2, 0.25) is 0 Å². The predicted molar refractivity (Wildman–Crippen MR) is 91.4 cm³/mol. The van der Waals surface area contributed by atoms with Gasteiger partial charge in [-0.15, -0.1) is 0 Å². The molecule has 1 fully saturated rings. The molecule has 1 aliphatic heterocycles. The molecule has 0 atom stereocenters. The van der Waals surface area contributed by atoms with Crippen LogP contribution in [0, 0.1) is 0 Å². The summed E-state index contributed by atoms with van der Waals surface area (Å²) in [6.07, 6.45) is 21.9. The van der Waals surface area contributed by atoms with E-state index < -0.39 is 0 Å². The topological polar surface area (TPSA) is 12.5 Å². The monoisotopic (exact) mass is 284 g/mol. The molecule has 0 aromatic heterocycles. The van der Waals surface area contributed by atoms with E-state index in [2.05, 4.69) is 18.6 Å². The van der Waals surface area contributed by atoms with Gasteiger partial charge in [0, 0.05) is 0 Å². The van der Waals surface area contributed by atoms with Gasteiger partial charge < -0.3 is 4.74 Å². The van der Waals surface area contributed by atoms with Gasteiger partial charge in [0.1, 0.15) is 0 Å². The van der Waals surface area contributed by atoms with Crippen LogP contribution >= 0.6 is 0 Å². The van der Waals surface area contributed by atoms with Crippen molar-refractivity contribution in [2.24, 2.45) is 0 Å². The zero-order valence-corrected chi connectivity index (χ0v) is 14.4. The predicted octanol–water partition coefficient (Wildman–Crippen LogP) is 6.89. The van der Waals surface area contributed by atoms with Crippen LogP contribution in [-0.4, -0.2) is 13.2 Å². The Labute approximate surface area is 128 Å². The molecule has 0 unspecified atom stereocenters. The van der Waals surface area contributed by atoms with E-state index >= 15 is 0 Å². The van der Waals surface area contributed by atoms with Crippen LogP contribution in [0.2, 0.25) is 0 Å². The minimum atomic E-state index is 1.00. The van der Waals surface area contributed by atoms with Gasteiger partial charge in [-0.3, -0.25) is 0 Å². The quantitative estimate of drug-likeness (QED) is 0.250. The third-order valence-corrected chi connectivity index (χ3v) is 3.91. The lowest BCUT2D eigenvalue weighted by atomic mass is 10.0. The SMILES string of the molecule is C1CO1.CCCCCCCCCCCCCCCCC. The van der Waals surface area contributed by atoms with Crippen molar-refractivity contribution in [2.45, 2.75) is 110 Å². The maximum absolute atomic E-state index is 4.50. The van der Waals surface area contributed by atoms with E-state index in [9.17, 15) is 0 Å². The number of hydrogen-bond acceptors (Lipinski definition) is 1. The molecule has 0 aromatic rings. The summed E-state index contributed by atoms with van der Waals surface area (Å²) >= 11 is 0. The Kier molecular flexibility index (Phi) is 18.9. The zero-order chi connectivity index (χ0) is 14.7. The van der Waals surface area contributed by atoms with Crippen LogP contribution in [0.15, 0.2) is 0 Å². The van der Waals surface area contributed by atoms with Crippen LogP contribution in [0.25, 0.3) is 0 Å². The van der Waals surface area contributed by atoms with Gasteiger partial charge in [0.25, 0.3) is 0 Å². The van der Waals surface area contributed by atoms with E-state index in [-0.39, 0.29) is 0 Å². The lowest BCUT2D eigenvalue weighted by Crippen LogP contribution is -1.82. The van der Waals surface area contributed by atoms with Crippen LogP contribution in [0.4, 0.5) is 0 Å². The van der Waals surface area contributed by atoms with E-state index in [4.69, 9.17) is 0 Å². The number of epoxide rings is 1. The lowest BCUT2D eigenvalue weighted by molar-refractivity contribution is 0.475. The molecule has 0 saturated carbocycles. The number of hydrogen-bond donors (Lipinski definition) is 0. The fourth-order valence-corrected chi connectivity index (χ4v) is 2.44. The van der Waals surface area contributed by atoms with Gasteiger partial charge in [-0.1, -0.05) is 110 Å². The molecule has 1 aliphatic rings. The summed E-state index contributed by atoms with van der Waals surface area (Å²) in [7, 11) is 0. The molecule has 0 aromatic carbocycles. The van der Waals surface area contributed by atoms with E-state index in [0.29, 0.717) is 0 Å². The maximum Gasteiger partial charge on any atom is 0.0701 e. The summed E-state index contributed by atoms with van der Waals surface area (Å²) in [5, 5.41) is 0. The maximum atomic E-state index is 4.50. The highest BCUT2D eigenvalue weighted by atomic mass is 16.6. The molecule has 1 nitrogen and oxygen atoms in total. The fourth-order valence-electron chi connectivity index (χ4n) is 2.44. The summed E-state index contributed by atoms with van der Waals surface area (Å²) in [4.78, 5) is 0. The molecule has 0 bridgehead atoms. The second-order valence-electron chi connectivity index (χ2n) is 6.21. The van der Waals surface area contributed by atoms with Crippen molar-refractivity contribution in [3.63, 3.8) is 0 Å². The summed E-state index contributed by atoms with van der Waals surface area (Å²) in [5.74, 6) is 0. The van der Waals surface area contributed by atoms with Crippen molar-refractivity contribution in [2.75, 3.05) is 13.2 Å². The zero-order valence-electron chi connectivity index (χ0n) is 14.4. The normalized spacial score (nSPS) is 12.9. The summed E-state index contributed by atoms with van der Waals surface area (Å²) in [6.45, 7) is 6.58. The number of unbranched alkanes of at least 4 members (excludes halogenated alkanes) is 14. The highest BCUT2D eigenvalue weighted by molar-refractivity contribution is 4.48. The molecule has 0 N–H and O–H groups in total. The standard InChI is InChI=1S/C17H36.C2H4O/c1-3-5-7-9-11-13-15-17-16-14-12-10-8-6-4-2;1-2-3-1/h3-17H2,1-2H3;1-2H2. The van der Waals surface area contributed by atoms with Crippen molar-refractivity contribution in [1.29, 1.82) is 0 Å². The first kappa shape index (κ1) is 20.0. The molecular weight excluding hydrogens is 244 g/mol. The molecule has 1 rings (SSSR count). The Morgan fingerprint density at radius 1 is 0.450 bits per heavy atom. The fraction of sp³-hybridized carbons (Fsp3) is 1.00. The van der Waals surface area contributed by atoms with Gasteiger partial charge in [0.05, 0.1) is 13.2 Å². The van der Waals surface area contributed by atoms with Crippen LogP contribution in [0.3, 0.4) is 0 Å². The third kappa shape index (κ3) is 23.1. The van der Waals surface area contributed by atoms with Crippen molar-refractivity contribution in [1.82, 2.24) is 0 Å². The minimum absolute atomic E-state index is 1.00. The van der Waals surface area contributed by atoms with Crippen molar-refractivity contribution < 1.29 is 4.74 Å². The Morgan fingerprint density at radius 3 is 0.800 bits per heavy atom. The minimum Gasteiger partial charge on any atom is -0.377 e. The highest BCUT2D eigenvalue weighted by Crippen LogP contribution is 2.13. The van der Waals surface area contributed by atoms with E-state index in [1.807, 2.05) is 0 Å². The average Bonchev–Trinajstić information content (AvgIpc) is 3.32. The Balaban J connectivity index is 0.00000105. The lowest BCUT2D eigenvalue weighted by Gasteiger charge is -2.02. The smallest absolute Gasteiger partial charge is 0.0701 e. The van der Waals surface area contributed by atoms with Crippen LogP contribution in [0.1, 0.15) is 110 Å². The number of rotatable bonds is 14. The summed E-state index contributed by atoms with van der Waals surface area (Å²) in [5.41, 5.74) is 0. The summed E-state index contributed by atoms with van der Waals surface area (Å²) in [6, 6.07) is 0. The first-order valence-corrected chi connectivity index (χ1v) is 9.49. The molecular formula is C19H40O. The van der Waals surface area contributed by atoms with Gasteiger partial charge in [-0.25, -0.2) is 0 Å². The molecule has 1 saturated heterocycles. The van der Waals surface area contributed by atoms with Gasteiger partial charge in [0.15, 0.2) is 0 Å². The number of ether oxygens (including phenoxy) is 1. The van der Waals surface area contributed by atoms with E-state index in [1.54, 1.807) is 0 Å². The second kappa shape index (κ2) is 19.0. The molecule has 1 heterocycles. The molecule has 0 amide bonds. The Morgan fingerprint density at radius 2 is 0.650 bits per heavy atom. The molecule has 0 spiro atoms. The Bertz CT molecular complexity index is 137. The van der Waals surface area contributed by atoms with Crippen molar-refractivity contribution >= 4 is 0 Å². The van der Waals surface area contributed by atoms with E-state index in [1.165, 1.54) is 96.3 Å². The largest absolute Gasteiger partial charge is 0.377 e. The van der Waals surface area contributed by atoms with Crippen LogP contribution in [-0.2, 0) is 4.74 Å². The highest BCUT2D eigenvalue weighted by Gasteiger charge is 1.94. The van der Waals surface area contributed by atoms with Crippen LogP contribution in [0.5, 0.6) is 0 Å². The molecule has 0 aliphatic carbocycles. The Hall–Kier alpha value is -0.0400. The van der Waals surface area contributed by atoms with Gasteiger partial charge in [-0.2, -0.15) is 0 Å². The molecule has 0 radical (unpaired) electrons. The first-order valence-electron chi connectivity index (χ1n) is 9.49. The van der Waals surface area contributed by atoms with Crippen molar-refractivity contribution in [3.8, 4) is 0 Å². The van der Waals surface area contributed by atoms with Crippen LogP contribution < -0.4 is 0 Å². The van der Waals surface area contributed by atoms with Gasteiger partial charge in [-0.05, 0) is 0 Å². The summed E-state index contributed by atoms with van der Waals surface area (Å²) < 4.78 is 4.50. The molecule has 20 heavy (non-hydrogen) atoms. The van der Waals surface area contributed by atoms with Gasteiger partial charge >= 0.3 is 0 Å². The second-order valence-corrected chi connectivity index (χ2v) is 6.21. The van der Waals surface area contributed by atoms with Crippen molar-refractivity contribution in [3.05, 3.63) is 0 Å². The van der Waals surface area contributed by atoms with E-state index in [0.717, 1.165) is 13.2 Å². The first-order chi connectivity index (χ1) is 9.91.